The predicted octanol–water partition coefficient (Wildman–Crippen LogP) is 1.15. The number of anilines is 1. The maximum Gasteiger partial charge on any atom is 0.333 e. The molecule has 0 radical (unpaired) electrons. The fraction of sp³-hybridized carbons (Fsp3) is 0.350. The lowest BCUT2D eigenvalue weighted by Crippen LogP contribution is -2.22. The summed E-state index contributed by atoms with van der Waals surface area (Å²) in [4.78, 5) is 25.6. The van der Waals surface area contributed by atoms with Gasteiger partial charge in [-0.1, -0.05) is 6.07 Å². The van der Waals surface area contributed by atoms with Gasteiger partial charge in [0.2, 0.25) is 5.78 Å². The number of nitrogens with zero attached hydrogens (tertiary/aromatic N) is 5. The van der Waals surface area contributed by atoms with Crippen LogP contribution < -0.4 is 10.5 Å². The molecule has 0 spiro atoms. The minimum Gasteiger partial charge on any atom is -0.367 e. The zero-order chi connectivity index (χ0) is 22.6. The van der Waals surface area contributed by atoms with Crippen molar-refractivity contribution in [3.63, 3.8) is 0 Å². The third-order valence-corrected chi connectivity index (χ3v) is 5.70. The van der Waals surface area contributed by atoms with Crippen LogP contribution in [0.5, 0.6) is 0 Å². The van der Waals surface area contributed by atoms with Crippen molar-refractivity contribution in [2.75, 3.05) is 11.9 Å². The molecule has 2 unspecified atom stereocenters. The zero-order valence-corrected chi connectivity index (χ0v) is 18.0. The lowest BCUT2D eigenvalue weighted by atomic mass is 10.1. The smallest absolute Gasteiger partial charge is 0.333 e. The Morgan fingerprint density at radius 2 is 2.12 bits per heavy atom. The quantitative estimate of drug-likeness (QED) is 0.450. The van der Waals surface area contributed by atoms with Gasteiger partial charge in [0, 0.05) is 24.6 Å². The second-order valence-electron chi connectivity index (χ2n) is 7.63. The van der Waals surface area contributed by atoms with Gasteiger partial charge in [0.25, 0.3) is 0 Å². The second-order valence-corrected chi connectivity index (χ2v) is 8.85. The fourth-order valence-corrected chi connectivity index (χ4v) is 4.10. The molecule has 4 rings (SSSR count). The molecule has 0 aliphatic heterocycles. The Balaban J connectivity index is 1.42. The van der Waals surface area contributed by atoms with Crippen LogP contribution in [-0.2, 0) is 21.0 Å². The minimum atomic E-state index is -3.95. The number of hydrogen-bond acceptors (Lipinski definition) is 9. The molecular formula is C20H23N7O4S. The topological polar surface area (TPSA) is 155 Å². The van der Waals surface area contributed by atoms with Crippen LogP contribution in [0.2, 0.25) is 0 Å². The van der Waals surface area contributed by atoms with Gasteiger partial charge < -0.3 is 5.32 Å². The highest BCUT2D eigenvalue weighted by Gasteiger charge is 2.28. The molecule has 11 nitrogen and oxygen atoms in total. The Morgan fingerprint density at radius 3 is 2.91 bits per heavy atom. The molecule has 32 heavy (non-hydrogen) atoms. The van der Waals surface area contributed by atoms with E-state index in [1.54, 1.807) is 23.1 Å². The van der Waals surface area contributed by atoms with Crippen molar-refractivity contribution in [2.45, 2.75) is 31.8 Å². The van der Waals surface area contributed by atoms with Crippen molar-refractivity contribution in [3.8, 4) is 0 Å². The molecule has 0 aromatic carbocycles. The van der Waals surface area contributed by atoms with Crippen LogP contribution in [0.4, 0.5) is 5.82 Å². The molecule has 0 saturated heterocycles. The molecule has 2 atom stereocenters. The van der Waals surface area contributed by atoms with Crippen molar-refractivity contribution >= 4 is 21.9 Å². The van der Waals surface area contributed by atoms with Gasteiger partial charge >= 0.3 is 10.3 Å². The highest BCUT2D eigenvalue weighted by atomic mass is 32.2. The highest BCUT2D eigenvalue weighted by Crippen LogP contribution is 2.29. The number of rotatable bonds is 9. The monoisotopic (exact) mass is 457 g/mol. The van der Waals surface area contributed by atoms with E-state index in [4.69, 9.17) is 9.32 Å². The van der Waals surface area contributed by atoms with Crippen molar-refractivity contribution in [2.24, 2.45) is 11.1 Å². The van der Waals surface area contributed by atoms with Crippen LogP contribution in [0, 0.1) is 5.92 Å². The van der Waals surface area contributed by atoms with Crippen molar-refractivity contribution in [1.29, 1.82) is 0 Å². The van der Waals surface area contributed by atoms with E-state index in [0.717, 1.165) is 18.5 Å². The molecule has 168 valence electrons. The average Bonchev–Trinajstić information content (AvgIpc) is 3.42. The number of nitrogens with two attached hydrogens (primary N) is 1. The van der Waals surface area contributed by atoms with Gasteiger partial charge in [0.1, 0.15) is 17.8 Å². The first-order valence-corrected chi connectivity index (χ1v) is 11.6. The van der Waals surface area contributed by atoms with E-state index >= 15 is 0 Å². The normalized spacial score (nSPS) is 18.5. The Hall–Kier alpha value is -3.22. The van der Waals surface area contributed by atoms with Crippen LogP contribution in [0.3, 0.4) is 0 Å². The van der Waals surface area contributed by atoms with Crippen LogP contribution in [0.1, 0.15) is 41.0 Å². The summed E-state index contributed by atoms with van der Waals surface area (Å²) in [5.41, 5.74) is 1.44. The maximum atomic E-state index is 13.1. The van der Waals surface area contributed by atoms with Crippen LogP contribution in [0.15, 0.2) is 49.2 Å². The van der Waals surface area contributed by atoms with E-state index in [1.165, 1.54) is 12.5 Å². The molecule has 3 N–H and O–H groups in total. The predicted molar refractivity (Wildman–Crippen MR) is 115 cm³/mol. The first kappa shape index (κ1) is 22.0. The number of carbonyl (C=O) groups is 1. The van der Waals surface area contributed by atoms with Gasteiger partial charge in [-0.3, -0.25) is 18.6 Å². The van der Waals surface area contributed by atoms with Crippen LogP contribution in [0.25, 0.3) is 0 Å². The van der Waals surface area contributed by atoms with Gasteiger partial charge in [-0.25, -0.2) is 15.1 Å². The number of ketones is 1. The summed E-state index contributed by atoms with van der Waals surface area (Å²) >= 11 is 0. The molecule has 1 fully saturated rings. The molecule has 1 aliphatic carbocycles. The first-order chi connectivity index (χ1) is 15.4. The van der Waals surface area contributed by atoms with E-state index in [9.17, 15) is 13.2 Å². The first-order valence-electron chi connectivity index (χ1n) is 10.1. The molecule has 3 aromatic rings. The SMILES string of the molecule is NS(=O)(=O)OCC1CCC(Nc2ncncc2C(=O)c2ccn(Cc3ccccn3)n2)C1. The van der Waals surface area contributed by atoms with Gasteiger partial charge in [0.05, 0.1) is 24.4 Å². The van der Waals surface area contributed by atoms with Gasteiger partial charge in [-0.15, -0.1) is 0 Å². The Bertz CT molecular complexity index is 1180. The number of aromatic nitrogens is 5. The molecule has 0 bridgehead atoms. The Kier molecular flexibility index (Phi) is 6.53. The van der Waals surface area contributed by atoms with Crippen molar-refractivity contribution < 1.29 is 17.4 Å². The zero-order valence-electron chi connectivity index (χ0n) is 17.2. The minimum absolute atomic E-state index is 0.0206. The van der Waals surface area contributed by atoms with Gasteiger partial charge in [0.15, 0.2) is 0 Å². The fourth-order valence-electron chi connectivity index (χ4n) is 3.72. The number of nitrogens with one attached hydrogen (secondary N) is 1. The average molecular weight is 458 g/mol. The molecule has 0 amide bonds. The van der Waals surface area contributed by atoms with E-state index in [-0.39, 0.29) is 30.0 Å². The molecule has 1 aliphatic rings. The van der Waals surface area contributed by atoms with E-state index in [2.05, 4.69) is 25.4 Å². The summed E-state index contributed by atoms with van der Waals surface area (Å²) in [6.07, 6.45) is 8.51. The molecule has 1 saturated carbocycles. The molecular weight excluding hydrogens is 434 g/mol. The summed E-state index contributed by atoms with van der Waals surface area (Å²) in [6.45, 7) is 0.495. The van der Waals surface area contributed by atoms with Crippen LogP contribution >= 0.6 is 0 Å². The number of hydrogen-bond donors (Lipinski definition) is 2. The summed E-state index contributed by atoms with van der Waals surface area (Å²) in [7, 11) is -3.95. The second kappa shape index (κ2) is 9.51. The largest absolute Gasteiger partial charge is 0.367 e. The number of carbonyl (C=O) groups excluding carboxylic acids is 1. The highest BCUT2D eigenvalue weighted by molar-refractivity contribution is 7.84. The third-order valence-electron chi connectivity index (χ3n) is 5.23. The van der Waals surface area contributed by atoms with Crippen LogP contribution in [-0.4, -0.2) is 51.6 Å². The van der Waals surface area contributed by atoms with E-state index in [0.29, 0.717) is 24.3 Å². The van der Waals surface area contributed by atoms with E-state index < -0.39 is 10.3 Å². The van der Waals surface area contributed by atoms with Crippen molar-refractivity contribution in [1.82, 2.24) is 24.7 Å². The Labute approximate surface area is 185 Å². The van der Waals surface area contributed by atoms with E-state index in [1.807, 2.05) is 18.2 Å². The summed E-state index contributed by atoms with van der Waals surface area (Å²) in [5, 5.41) is 12.5. The molecule has 12 heteroatoms. The lowest BCUT2D eigenvalue weighted by Gasteiger charge is -2.15. The van der Waals surface area contributed by atoms with Crippen molar-refractivity contribution in [3.05, 3.63) is 66.1 Å². The summed E-state index contributed by atoms with van der Waals surface area (Å²) < 4.78 is 28.3. The lowest BCUT2D eigenvalue weighted by molar-refractivity contribution is 0.103. The summed E-state index contributed by atoms with van der Waals surface area (Å²) in [5.74, 6) is 0.177. The molecule has 3 heterocycles. The maximum absolute atomic E-state index is 13.1. The standard InChI is InChI=1S/C20H23N7O4S/c21-32(29,30)31-12-14-4-5-15(9-14)25-20-17(10-22-13-24-20)19(28)18-6-8-27(26-18)11-16-3-1-2-7-23-16/h1-3,6-8,10,13-15H,4-5,9,11-12H2,(H2,21,29,30)(H,22,24,25). The number of pyridine rings is 1. The Morgan fingerprint density at radius 1 is 1.25 bits per heavy atom. The van der Waals surface area contributed by atoms with Gasteiger partial charge in [-0.05, 0) is 43.4 Å². The molecule has 3 aromatic heterocycles. The third kappa shape index (κ3) is 5.72. The summed E-state index contributed by atoms with van der Waals surface area (Å²) in [6, 6.07) is 7.29. The van der Waals surface area contributed by atoms with Gasteiger partial charge in [-0.2, -0.15) is 13.5 Å².